The lowest BCUT2D eigenvalue weighted by Gasteiger charge is -2.41. The third-order valence-corrected chi connectivity index (χ3v) is 4.66. The van der Waals surface area contributed by atoms with E-state index in [1.807, 2.05) is 18.7 Å². The number of piperidine rings is 1. The van der Waals surface area contributed by atoms with Crippen LogP contribution in [0.25, 0.3) is 0 Å². The van der Waals surface area contributed by atoms with Gasteiger partial charge in [-0.25, -0.2) is 0 Å². The van der Waals surface area contributed by atoms with Crippen molar-refractivity contribution in [2.75, 3.05) is 6.54 Å². The van der Waals surface area contributed by atoms with Crippen LogP contribution in [-0.4, -0.2) is 34.5 Å². The highest BCUT2D eigenvalue weighted by atomic mass is 16.4. The number of carbonyl (C=O) groups excluding carboxylic acids is 1. The largest absolute Gasteiger partial charge is 0.481 e. The van der Waals surface area contributed by atoms with Gasteiger partial charge in [0.2, 0.25) is 5.91 Å². The van der Waals surface area contributed by atoms with Gasteiger partial charge in [0.05, 0.1) is 5.92 Å². The molecule has 102 valence electrons. The maximum absolute atomic E-state index is 12.1. The minimum absolute atomic E-state index is 0.0511. The normalized spacial score (nSPS) is 34.0. The Balaban J connectivity index is 2.07. The first-order chi connectivity index (χ1) is 8.50. The summed E-state index contributed by atoms with van der Waals surface area (Å²) in [5.74, 6) is -0.508. The third-order valence-electron chi connectivity index (χ3n) is 4.66. The van der Waals surface area contributed by atoms with E-state index in [2.05, 4.69) is 0 Å². The summed E-state index contributed by atoms with van der Waals surface area (Å²) in [4.78, 5) is 25.3. The number of aliphatic carboxylic acids is 1. The number of carbonyl (C=O) groups is 2. The van der Waals surface area contributed by atoms with Crippen molar-refractivity contribution in [3.63, 3.8) is 0 Å². The van der Waals surface area contributed by atoms with E-state index in [0.717, 1.165) is 6.54 Å². The molecule has 1 amide bonds. The molecule has 1 saturated heterocycles. The number of rotatable bonds is 3. The van der Waals surface area contributed by atoms with Crippen LogP contribution in [0.1, 0.15) is 46.0 Å². The van der Waals surface area contributed by atoms with Crippen LogP contribution in [0.4, 0.5) is 0 Å². The molecule has 0 bridgehead atoms. The fourth-order valence-electron chi connectivity index (χ4n) is 3.61. The van der Waals surface area contributed by atoms with Gasteiger partial charge in [0.25, 0.3) is 0 Å². The Labute approximate surface area is 108 Å². The van der Waals surface area contributed by atoms with Crippen LogP contribution < -0.4 is 0 Å². The third kappa shape index (κ3) is 2.52. The maximum atomic E-state index is 12.1. The summed E-state index contributed by atoms with van der Waals surface area (Å²) < 4.78 is 0. The van der Waals surface area contributed by atoms with Crippen LogP contribution in [0.15, 0.2) is 0 Å². The lowest BCUT2D eigenvalue weighted by atomic mass is 9.80. The Morgan fingerprint density at radius 3 is 2.50 bits per heavy atom. The van der Waals surface area contributed by atoms with E-state index in [4.69, 9.17) is 0 Å². The zero-order valence-corrected chi connectivity index (χ0v) is 11.3. The molecule has 1 aliphatic carbocycles. The highest BCUT2D eigenvalue weighted by Crippen LogP contribution is 2.33. The van der Waals surface area contributed by atoms with Gasteiger partial charge >= 0.3 is 5.97 Å². The molecule has 3 atom stereocenters. The predicted molar refractivity (Wildman–Crippen MR) is 68.0 cm³/mol. The topological polar surface area (TPSA) is 57.6 Å². The Bertz CT molecular complexity index is 336. The summed E-state index contributed by atoms with van der Waals surface area (Å²) in [6.07, 6.45) is 5.25. The highest BCUT2D eigenvalue weighted by Gasteiger charge is 2.42. The molecule has 1 heterocycles. The molecule has 4 nitrogen and oxygen atoms in total. The van der Waals surface area contributed by atoms with Crippen LogP contribution in [0.3, 0.4) is 0 Å². The summed E-state index contributed by atoms with van der Waals surface area (Å²) in [6.45, 7) is 4.53. The van der Waals surface area contributed by atoms with Crippen molar-refractivity contribution in [2.45, 2.75) is 52.0 Å². The van der Waals surface area contributed by atoms with Gasteiger partial charge in [0, 0.05) is 19.0 Å². The summed E-state index contributed by atoms with van der Waals surface area (Å²) >= 11 is 0. The van der Waals surface area contributed by atoms with Crippen LogP contribution in [0, 0.1) is 17.8 Å². The van der Waals surface area contributed by atoms with Gasteiger partial charge in [-0.2, -0.15) is 0 Å². The van der Waals surface area contributed by atoms with Crippen LogP contribution in [-0.2, 0) is 9.59 Å². The van der Waals surface area contributed by atoms with Crippen LogP contribution in [0.2, 0.25) is 0 Å². The zero-order valence-electron chi connectivity index (χ0n) is 11.3. The molecule has 3 unspecified atom stereocenters. The molecule has 18 heavy (non-hydrogen) atoms. The molecule has 2 aliphatic rings. The summed E-state index contributed by atoms with van der Waals surface area (Å²) in [5.41, 5.74) is 0. The highest BCUT2D eigenvalue weighted by molar-refractivity contribution is 5.81. The molecular formula is C14H23NO3. The molecule has 2 rings (SSSR count). The second-order valence-electron chi connectivity index (χ2n) is 5.98. The molecule has 1 saturated carbocycles. The molecule has 0 aromatic heterocycles. The summed E-state index contributed by atoms with van der Waals surface area (Å²) in [6, 6.07) is -0.167. The van der Waals surface area contributed by atoms with E-state index in [-0.39, 0.29) is 17.9 Å². The van der Waals surface area contributed by atoms with E-state index in [0.29, 0.717) is 12.3 Å². The minimum Gasteiger partial charge on any atom is -0.481 e. The molecule has 0 aromatic rings. The number of likely N-dealkylation sites (tertiary alicyclic amines) is 1. The van der Waals surface area contributed by atoms with Crippen molar-refractivity contribution in [3.8, 4) is 0 Å². The molecule has 2 fully saturated rings. The fourth-order valence-corrected chi connectivity index (χ4v) is 3.61. The molecular weight excluding hydrogens is 230 g/mol. The van der Waals surface area contributed by atoms with Gasteiger partial charge < -0.3 is 10.0 Å². The van der Waals surface area contributed by atoms with Crippen LogP contribution >= 0.6 is 0 Å². The first-order valence-electron chi connectivity index (χ1n) is 7.03. The van der Waals surface area contributed by atoms with Gasteiger partial charge in [-0.05, 0) is 31.6 Å². The van der Waals surface area contributed by atoms with Crippen molar-refractivity contribution in [2.24, 2.45) is 17.8 Å². The molecule has 0 spiro atoms. The number of amides is 1. The van der Waals surface area contributed by atoms with E-state index in [9.17, 15) is 14.7 Å². The standard InChI is InChI=1S/C14H23NO3/c1-9-7-12(16)15(8-11-5-3-4-6-11)10(2)13(9)14(17)18/h9-11,13H,3-8H2,1-2H3,(H,17,18). The number of hydrogen-bond donors (Lipinski definition) is 1. The number of hydrogen-bond acceptors (Lipinski definition) is 2. The second-order valence-corrected chi connectivity index (χ2v) is 5.98. The molecule has 1 aliphatic heterocycles. The number of carboxylic acids is 1. The zero-order chi connectivity index (χ0) is 13.3. The minimum atomic E-state index is -0.765. The Kier molecular flexibility index (Phi) is 3.93. The maximum Gasteiger partial charge on any atom is 0.308 e. The SMILES string of the molecule is CC1CC(=O)N(CC2CCCC2)C(C)C1C(=O)O. The average Bonchev–Trinajstić information content (AvgIpc) is 2.75. The predicted octanol–water partition coefficient (Wildman–Crippen LogP) is 2.13. The van der Waals surface area contributed by atoms with Crippen molar-refractivity contribution < 1.29 is 14.7 Å². The number of nitrogens with zero attached hydrogens (tertiary/aromatic N) is 1. The van der Waals surface area contributed by atoms with Crippen molar-refractivity contribution in [3.05, 3.63) is 0 Å². The van der Waals surface area contributed by atoms with E-state index >= 15 is 0 Å². The Morgan fingerprint density at radius 1 is 1.33 bits per heavy atom. The van der Waals surface area contributed by atoms with E-state index in [1.54, 1.807) is 0 Å². The number of carboxylic acid groups (broad SMARTS) is 1. The second kappa shape index (κ2) is 5.29. The Morgan fingerprint density at radius 2 is 1.94 bits per heavy atom. The summed E-state index contributed by atoms with van der Waals surface area (Å²) in [7, 11) is 0. The first kappa shape index (κ1) is 13.4. The van der Waals surface area contributed by atoms with Crippen LogP contribution in [0.5, 0.6) is 0 Å². The van der Waals surface area contributed by atoms with Gasteiger partial charge in [-0.3, -0.25) is 9.59 Å². The molecule has 0 aromatic carbocycles. The van der Waals surface area contributed by atoms with Gasteiger partial charge in [0.1, 0.15) is 0 Å². The first-order valence-corrected chi connectivity index (χ1v) is 7.03. The fraction of sp³-hybridized carbons (Fsp3) is 0.857. The lowest BCUT2D eigenvalue weighted by molar-refractivity contribution is -0.155. The molecule has 4 heteroatoms. The van der Waals surface area contributed by atoms with E-state index < -0.39 is 11.9 Å². The monoisotopic (exact) mass is 253 g/mol. The quantitative estimate of drug-likeness (QED) is 0.838. The van der Waals surface area contributed by atoms with Crippen molar-refractivity contribution >= 4 is 11.9 Å². The van der Waals surface area contributed by atoms with Crippen molar-refractivity contribution in [1.82, 2.24) is 4.90 Å². The lowest BCUT2D eigenvalue weighted by Crippen LogP contribution is -2.53. The molecule has 0 radical (unpaired) electrons. The Hall–Kier alpha value is -1.06. The van der Waals surface area contributed by atoms with Gasteiger partial charge in [0.15, 0.2) is 0 Å². The van der Waals surface area contributed by atoms with Crippen molar-refractivity contribution in [1.29, 1.82) is 0 Å². The molecule has 1 N–H and O–H groups in total. The average molecular weight is 253 g/mol. The van der Waals surface area contributed by atoms with E-state index in [1.165, 1.54) is 25.7 Å². The van der Waals surface area contributed by atoms with Gasteiger partial charge in [-0.15, -0.1) is 0 Å². The summed E-state index contributed by atoms with van der Waals surface area (Å²) in [5, 5.41) is 9.31. The smallest absolute Gasteiger partial charge is 0.308 e. The van der Waals surface area contributed by atoms with Gasteiger partial charge in [-0.1, -0.05) is 19.8 Å².